The third kappa shape index (κ3) is 3.30. The van der Waals surface area contributed by atoms with Crippen molar-refractivity contribution in [1.29, 1.82) is 0 Å². The van der Waals surface area contributed by atoms with Crippen LogP contribution in [0.5, 0.6) is 0 Å². The van der Waals surface area contributed by atoms with Crippen molar-refractivity contribution in [3.63, 3.8) is 0 Å². The zero-order valence-electron chi connectivity index (χ0n) is 24.5. The highest BCUT2D eigenvalue weighted by molar-refractivity contribution is 6.01. The van der Waals surface area contributed by atoms with Crippen molar-refractivity contribution in [2.75, 3.05) is 6.61 Å². The molecular formula is C34H39F2NO6. The lowest BCUT2D eigenvalue weighted by Gasteiger charge is -2.69. The summed E-state index contributed by atoms with van der Waals surface area (Å²) in [6, 6.07) is 7.96. The van der Waals surface area contributed by atoms with Gasteiger partial charge in [0.2, 0.25) is 0 Å². The Balaban J connectivity index is 1.11. The normalized spacial score (nSPS) is 52.3. The zero-order valence-corrected chi connectivity index (χ0v) is 24.5. The average molecular weight is 596 g/mol. The van der Waals surface area contributed by atoms with Gasteiger partial charge in [-0.3, -0.25) is 9.59 Å². The highest BCUT2D eigenvalue weighted by atomic mass is 19.1. The van der Waals surface area contributed by atoms with Crippen molar-refractivity contribution in [2.45, 2.75) is 100 Å². The van der Waals surface area contributed by atoms with Gasteiger partial charge in [-0.05, 0) is 86.5 Å². The molecule has 0 radical (unpaired) electrons. The highest BCUT2D eigenvalue weighted by Gasteiger charge is 2.80. The van der Waals surface area contributed by atoms with Gasteiger partial charge in [0.1, 0.15) is 12.8 Å². The van der Waals surface area contributed by atoms with E-state index in [1.165, 1.54) is 17.7 Å². The summed E-state index contributed by atoms with van der Waals surface area (Å²) in [5.74, 6) is -2.53. The number of aliphatic hydroxyl groups is 2. The van der Waals surface area contributed by atoms with E-state index in [0.29, 0.717) is 5.41 Å². The maximum atomic E-state index is 17.5. The molecule has 1 aliphatic heterocycles. The van der Waals surface area contributed by atoms with Crippen molar-refractivity contribution < 1.29 is 38.1 Å². The maximum Gasteiger partial charge on any atom is 0.193 e. The van der Waals surface area contributed by atoms with Gasteiger partial charge in [0.25, 0.3) is 0 Å². The summed E-state index contributed by atoms with van der Waals surface area (Å²) in [5, 5.41) is 21.8. The summed E-state index contributed by atoms with van der Waals surface area (Å²) in [6.07, 6.45) is 2.93. The number of ketones is 2. The Bertz CT molecular complexity index is 1470. The topological polar surface area (TPSA) is 119 Å². The van der Waals surface area contributed by atoms with E-state index >= 15 is 8.78 Å². The summed E-state index contributed by atoms with van der Waals surface area (Å²) in [6.45, 7) is 2.53. The number of benzene rings is 1. The predicted octanol–water partition coefficient (Wildman–Crippen LogP) is 3.75. The molecule has 0 unspecified atom stereocenters. The van der Waals surface area contributed by atoms with Gasteiger partial charge in [-0.15, -0.1) is 0 Å². The minimum atomic E-state index is -2.27. The third-order valence-corrected chi connectivity index (χ3v) is 12.9. The summed E-state index contributed by atoms with van der Waals surface area (Å²) < 4.78 is 46.3. The van der Waals surface area contributed by atoms with Gasteiger partial charge in [-0.25, -0.2) is 8.78 Å². The number of nitrogens with two attached hydrogens (primary N) is 1. The number of Topliss-reactive ketones (excluding diaryl/α,β-unsaturated/α-hetero) is 1. The fourth-order valence-corrected chi connectivity index (χ4v) is 11.2. The first-order valence-electron chi connectivity index (χ1n) is 15.5. The second-order valence-electron chi connectivity index (χ2n) is 15.3. The van der Waals surface area contributed by atoms with E-state index in [1.54, 1.807) is 13.8 Å². The molecule has 0 spiro atoms. The van der Waals surface area contributed by atoms with Crippen LogP contribution in [0.3, 0.4) is 0 Å². The third-order valence-electron chi connectivity index (χ3n) is 12.9. The van der Waals surface area contributed by atoms with E-state index < -0.39 is 76.8 Å². The average Bonchev–Trinajstić information content (AvgIpc) is 3.43. The molecule has 7 nitrogen and oxygen atoms in total. The number of carbonyl (C=O) groups excluding carboxylic acids is 2. The van der Waals surface area contributed by atoms with Crippen molar-refractivity contribution in [3.8, 4) is 0 Å². The number of alkyl halides is 2. The molecule has 0 amide bonds. The highest BCUT2D eigenvalue weighted by Crippen LogP contribution is 2.73. The number of fused-ring (bicyclic) bond motifs is 7. The molecule has 1 heterocycles. The van der Waals surface area contributed by atoms with Crippen molar-refractivity contribution in [1.82, 2.24) is 0 Å². The molecule has 2 bridgehead atoms. The Morgan fingerprint density at radius 1 is 1.12 bits per heavy atom. The molecule has 9 rings (SSSR count). The monoisotopic (exact) mass is 595 g/mol. The second kappa shape index (κ2) is 8.49. The fraction of sp³-hybridized carbons (Fsp3) is 0.647. The molecule has 4 N–H and O–H groups in total. The van der Waals surface area contributed by atoms with E-state index in [1.807, 2.05) is 24.3 Å². The number of aliphatic hydroxyl groups excluding tert-OH is 2. The first-order valence-corrected chi connectivity index (χ1v) is 15.5. The van der Waals surface area contributed by atoms with E-state index in [0.717, 1.165) is 37.3 Å². The van der Waals surface area contributed by atoms with Crippen LogP contribution in [0.25, 0.3) is 0 Å². The molecule has 7 aliphatic carbocycles. The van der Waals surface area contributed by atoms with Gasteiger partial charge < -0.3 is 25.4 Å². The summed E-state index contributed by atoms with van der Waals surface area (Å²) >= 11 is 0. The van der Waals surface area contributed by atoms with Gasteiger partial charge in [-0.2, -0.15) is 0 Å². The summed E-state index contributed by atoms with van der Waals surface area (Å²) in [4.78, 5) is 25.8. The van der Waals surface area contributed by atoms with Crippen LogP contribution in [0.15, 0.2) is 48.1 Å². The first-order chi connectivity index (χ1) is 20.2. The first kappa shape index (κ1) is 28.2. The van der Waals surface area contributed by atoms with Crippen LogP contribution in [-0.2, 0) is 25.5 Å². The number of ether oxygens (including phenoxy) is 2. The molecule has 10 atom stereocenters. The molecule has 1 saturated heterocycles. The molecule has 0 aromatic heterocycles. The van der Waals surface area contributed by atoms with E-state index in [9.17, 15) is 19.8 Å². The standard InChI is InChI=1S/C34H39F2NO6/c1-29-8-7-20(39)9-23(29)24(35)10-22-21-11-27-34(26(41)14-38,30(21,2)13-25(40)33(22,29)36)43-28(42-27)19-5-3-18(4-6-19)12-31-15-32(37,16-31)17-31/h3-9,21-22,24-25,27-28,38,40H,10-17,37H2,1-2H3/t21-,22-,24-,25-,27+,28-,29-,30-,31?,32?,33-,34+/m0/s1. The Morgan fingerprint density at radius 2 is 1.81 bits per heavy atom. The zero-order chi connectivity index (χ0) is 30.4. The summed E-state index contributed by atoms with van der Waals surface area (Å²) in [5.41, 5.74) is 2.00. The van der Waals surface area contributed by atoms with Gasteiger partial charge in [0.05, 0.1) is 12.2 Å². The number of hydrogen-bond acceptors (Lipinski definition) is 7. The Hall–Kier alpha value is -2.30. The minimum Gasteiger partial charge on any atom is -0.390 e. The van der Waals surface area contributed by atoms with Crippen LogP contribution in [0, 0.1) is 28.1 Å². The van der Waals surface area contributed by atoms with Crippen LogP contribution in [0.2, 0.25) is 0 Å². The SMILES string of the molecule is C[C@]12C=CC(=O)C=C1[C@@H](F)C[C@H]1[C@@H]3C[C@H]4O[C@H](c5ccc(CC67CC(N)(C6)C7)cc5)O[C@@]4(C(=O)CO)[C@@]3(C)C[C@H](O)[C@@]12F. The van der Waals surface area contributed by atoms with Gasteiger partial charge >= 0.3 is 0 Å². The minimum absolute atomic E-state index is 0.0465. The molecule has 230 valence electrons. The molecular weight excluding hydrogens is 556 g/mol. The lowest BCUT2D eigenvalue weighted by Crippen LogP contribution is -2.72. The molecule has 7 fully saturated rings. The van der Waals surface area contributed by atoms with Gasteiger partial charge in [0, 0.05) is 27.9 Å². The number of carbonyl (C=O) groups is 2. The number of allylic oxidation sites excluding steroid dienone is 4. The number of rotatable bonds is 5. The Labute approximate surface area is 249 Å². The maximum absolute atomic E-state index is 17.5. The quantitative estimate of drug-likeness (QED) is 0.475. The molecule has 1 aromatic rings. The van der Waals surface area contributed by atoms with Crippen LogP contribution in [-0.4, -0.2) is 63.6 Å². The molecule has 8 aliphatic rings. The van der Waals surface area contributed by atoms with Crippen molar-refractivity contribution in [3.05, 3.63) is 59.2 Å². The Kier molecular flexibility index (Phi) is 5.56. The van der Waals surface area contributed by atoms with E-state index in [2.05, 4.69) is 0 Å². The second-order valence-corrected chi connectivity index (χ2v) is 15.3. The van der Waals surface area contributed by atoms with Crippen molar-refractivity contribution in [2.24, 2.45) is 33.8 Å². The smallest absolute Gasteiger partial charge is 0.193 e. The largest absolute Gasteiger partial charge is 0.390 e. The van der Waals surface area contributed by atoms with E-state index in [-0.39, 0.29) is 30.4 Å². The lowest BCUT2D eigenvalue weighted by atomic mass is 9.38. The van der Waals surface area contributed by atoms with Gasteiger partial charge in [-0.1, -0.05) is 37.3 Å². The summed E-state index contributed by atoms with van der Waals surface area (Å²) in [7, 11) is 0. The molecule has 1 aromatic carbocycles. The lowest BCUT2D eigenvalue weighted by molar-refractivity contribution is -0.235. The number of halogens is 2. The van der Waals surface area contributed by atoms with Crippen LogP contribution >= 0.6 is 0 Å². The van der Waals surface area contributed by atoms with Crippen LogP contribution in [0.1, 0.15) is 69.8 Å². The molecule has 6 saturated carbocycles. The van der Waals surface area contributed by atoms with E-state index in [4.69, 9.17) is 15.2 Å². The fourth-order valence-electron chi connectivity index (χ4n) is 11.2. The molecule has 9 heteroatoms. The predicted molar refractivity (Wildman–Crippen MR) is 151 cm³/mol. The Morgan fingerprint density at radius 3 is 2.47 bits per heavy atom. The van der Waals surface area contributed by atoms with Crippen molar-refractivity contribution >= 4 is 11.6 Å². The molecule has 43 heavy (non-hydrogen) atoms. The van der Waals surface area contributed by atoms with Gasteiger partial charge in [0.15, 0.2) is 29.1 Å². The number of hydrogen-bond donors (Lipinski definition) is 3. The van der Waals surface area contributed by atoms with Crippen LogP contribution in [0.4, 0.5) is 8.78 Å². The van der Waals surface area contributed by atoms with Crippen LogP contribution < -0.4 is 5.73 Å².